The number of rotatable bonds is 5. The van der Waals surface area contributed by atoms with Crippen molar-refractivity contribution >= 4 is 5.78 Å². The normalized spacial score (nSPS) is 24.0. The molecule has 0 aromatic rings. The number of likely N-dealkylation sites (N-methyl/N-ethyl adjacent to an activating group) is 2. The minimum absolute atomic E-state index is 0.363. The Bertz CT molecular complexity index is 228. The fourth-order valence-electron chi connectivity index (χ4n) is 1.95. The van der Waals surface area contributed by atoms with Crippen molar-refractivity contribution in [1.29, 1.82) is 0 Å². The first-order valence-corrected chi connectivity index (χ1v) is 5.65. The van der Waals surface area contributed by atoms with E-state index in [9.17, 15) is 4.79 Å². The maximum absolute atomic E-state index is 11.6. The van der Waals surface area contributed by atoms with Crippen molar-refractivity contribution in [2.45, 2.75) is 25.3 Å². The van der Waals surface area contributed by atoms with Gasteiger partial charge in [0.25, 0.3) is 0 Å². The summed E-state index contributed by atoms with van der Waals surface area (Å²) in [7, 11) is 4.23. The highest BCUT2D eigenvalue weighted by Gasteiger charge is 2.23. The lowest BCUT2D eigenvalue weighted by Gasteiger charge is -2.37. The van der Waals surface area contributed by atoms with Gasteiger partial charge in [-0.25, -0.2) is 0 Å². The van der Waals surface area contributed by atoms with Crippen LogP contribution >= 0.6 is 0 Å². The molecule has 15 heavy (non-hydrogen) atoms. The number of ketones is 1. The Labute approximate surface area is 92.7 Å². The number of hydrogen-bond acceptors (Lipinski definition) is 3. The van der Waals surface area contributed by atoms with E-state index in [1.165, 1.54) is 0 Å². The van der Waals surface area contributed by atoms with Crippen molar-refractivity contribution in [2.75, 3.05) is 33.7 Å². The van der Waals surface area contributed by atoms with Crippen LogP contribution in [0, 0.1) is 0 Å². The molecule has 0 radical (unpaired) electrons. The van der Waals surface area contributed by atoms with Crippen molar-refractivity contribution in [3.8, 4) is 0 Å². The lowest BCUT2D eigenvalue weighted by molar-refractivity contribution is -0.120. The molecule has 1 saturated heterocycles. The maximum Gasteiger partial charge on any atom is 0.134 e. The van der Waals surface area contributed by atoms with Crippen LogP contribution < -0.4 is 0 Å². The van der Waals surface area contributed by atoms with E-state index in [1.54, 1.807) is 0 Å². The number of carbonyl (C=O) groups is 1. The summed E-state index contributed by atoms with van der Waals surface area (Å²) in [4.78, 5) is 16.2. The van der Waals surface area contributed by atoms with Gasteiger partial charge in [0.15, 0.2) is 0 Å². The molecule has 1 aliphatic rings. The second kappa shape index (κ2) is 6.03. The van der Waals surface area contributed by atoms with Gasteiger partial charge in [0.2, 0.25) is 0 Å². The molecule has 0 N–H and O–H groups in total. The average Bonchev–Trinajstić information content (AvgIpc) is 2.20. The second-order valence-corrected chi connectivity index (χ2v) is 4.47. The van der Waals surface area contributed by atoms with Crippen LogP contribution in [-0.4, -0.2) is 55.4 Å². The number of hydrogen-bond donors (Lipinski definition) is 0. The van der Waals surface area contributed by atoms with E-state index in [1.807, 2.05) is 6.08 Å². The lowest BCUT2D eigenvalue weighted by atomic mass is 10.0. The largest absolute Gasteiger partial charge is 0.304 e. The monoisotopic (exact) mass is 210 g/mol. The third-order valence-corrected chi connectivity index (χ3v) is 3.07. The minimum atomic E-state index is 0.363. The molecule has 0 aromatic carbocycles. The molecule has 1 fully saturated rings. The number of carbonyl (C=O) groups excluding carboxylic acids is 1. The summed E-state index contributed by atoms with van der Waals surface area (Å²) >= 11 is 0. The van der Waals surface area contributed by atoms with E-state index in [0.717, 1.165) is 26.1 Å². The van der Waals surface area contributed by atoms with Crippen LogP contribution in [0.4, 0.5) is 0 Å². The molecule has 3 nitrogen and oxygen atoms in total. The van der Waals surface area contributed by atoms with E-state index < -0.39 is 0 Å². The molecular weight excluding hydrogens is 188 g/mol. The summed E-state index contributed by atoms with van der Waals surface area (Å²) in [6.07, 6.45) is 3.96. The molecule has 0 spiro atoms. The van der Waals surface area contributed by atoms with Gasteiger partial charge in [-0.1, -0.05) is 6.08 Å². The summed E-state index contributed by atoms with van der Waals surface area (Å²) in [5.74, 6) is 0.363. The van der Waals surface area contributed by atoms with Crippen LogP contribution in [-0.2, 0) is 4.79 Å². The molecule has 1 heterocycles. The van der Waals surface area contributed by atoms with E-state index in [4.69, 9.17) is 0 Å². The Morgan fingerprint density at radius 3 is 2.87 bits per heavy atom. The average molecular weight is 210 g/mol. The van der Waals surface area contributed by atoms with E-state index in [2.05, 4.69) is 30.5 Å². The summed E-state index contributed by atoms with van der Waals surface area (Å²) in [5.41, 5.74) is 0. The molecule has 0 saturated carbocycles. The molecule has 1 atom stereocenters. The molecule has 86 valence electrons. The first kappa shape index (κ1) is 12.4. The standard InChI is InChI=1S/C12H22N2O/c1-4-5-6-12(15)9-11-10-13(2)7-8-14(11)3/h4,11H,1,5-10H2,2-3H3. The predicted molar refractivity (Wildman–Crippen MR) is 63.0 cm³/mol. The summed E-state index contributed by atoms with van der Waals surface area (Å²) in [6.45, 7) is 6.82. The smallest absolute Gasteiger partial charge is 0.134 e. The second-order valence-electron chi connectivity index (χ2n) is 4.47. The summed E-state index contributed by atoms with van der Waals surface area (Å²) < 4.78 is 0. The van der Waals surface area contributed by atoms with E-state index in [-0.39, 0.29) is 0 Å². The first-order chi connectivity index (χ1) is 7.13. The lowest BCUT2D eigenvalue weighted by Crippen LogP contribution is -2.50. The van der Waals surface area contributed by atoms with Gasteiger partial charge in [0, 0.05) is 38.5 Å². The van der Waals surface area contributed by atoms with Crippen LogP contribution in [0.25, 0.3) is 0 Å². The molecule has 3 heteroatoms. The highest BCUT2D eigenvalue weighted by Crippen LogP contribution is 2.11. The van der Waals surface area contributed by atoms with Gasteiger partial charge in [-0.2, -0.15) is 0 Å². The van der Waals surface area contributed by atoms with Crippen LogP contribution in [0.1, 0.15) is 19.3 Å². The van der Waals surface area contributed by atoms with Crippen molar-refractivity contribution < 1.29 is 4.79 Å². The topological polar surface area (TPSA) is 23.6 Å². The number of allylic oxidation sites excluding steroid dienone is 1. The van der Waals surface area contributed by atoms with Crippen LogP contribution in [0.3, 0.4) is 0 Å². The van der Waals surface area contributed by atoms with Crippen molar-refractivity contribution in [1.82, 2.24) is 9.80 Å². The minimum Gasteiger partial charge on any atom is -0.304 e. The Kier molecular flexibility index (Phi) is 4.99. The fourth-order valence-corrected chi connectivity index (χ4v) is 1.95. The first-order valence-electron chi connectivity index (χ1n) is 5.65. The quantitative estimate of drug-likeness (QED) is 0.636. The molecule has 1 unspecified atom stereocenters. The predicted octanol–water partition coefficient (Wildman–Crippen LogP) is 1.16. The molecular formula is C12H22N2O. The summed E-state index contributed by atoms with van der Waals surface area (Å²) in [5, 5.41) is 0. The van der Waals surface area contributed by atoms with Gasteiger partial charge in [-0.05, 0) is 20.5 Å². The number of piperazine rings is 1. The molecule has 1 rings (SSSR count). The Balaban J connectivity index is 2.34. The molecule has 0 aliphatic carbocycles. The maximum atomic E-state index is 11.6. The van der Waals surface area contributed by atoms with Crippen molar-refractivity contribution in [2.24, 2.45) is 0 Å². The zero-order valence-corrected chi connectivity index (χ0v) is 9.91. The van der Waals surface area contributed by atoms with Gasteiger partial charge in [0.05, 0.1) is 0 Å². The van der Waals surface area contributed by atoms with Gasteiger partial charge < -0.3 is 9.80 Å². The Hall–Kier alpha value is -0.670. The third-order valence-electron chi connectivity index (χ3n) is 3.07. The number of Topliss-reactive ketones (excluding diaryl/α,β-unsaturated/α-hetero) is 1. The Morgan fingerprint density at radius 1 is 1.47 bits per heavy atom. The van der Waals surface area contributed by atoms with E-state index >= 15 is 0 Å². The third kappa shape index (κ3) is 4.14. The van der Waals surface area contributed by atoms with Crippen LogP contribution in [0.5, 0.6) is 0 Å². The molecule has 0 bridgehead atoms. The van der Waals surface area contributed by atoms with Crippen molar-refractivity contribution in [3.63, 3.8) is 0 Å². The van der Waals surface area contributed by atoms with Gasteiger partial charge in [-0.3, -0.25) is 4.79 Å². The SMILES string of the molecule is C=CCCC(=O)CC1CN(C)CCN1C. The van der Waals surface area contributed by atoms with Crippen LogP contribution in [0.2, 0.25) is 0 Å². The van der Waals surface area contributed by atoms with Gasteiger partial charge in [-0.15, -0.1) is 6.58 Å². The van der Waals surface area contributed by atoms with Crippen molar-refractivity contribution in [3.05, 3.63) is 12.7 Å². The zero-order chi connectivity index (χ0) is 11.3. The van der Waals surface area contributed by atoms with E-state index in [0.29, 0.717) is 24.7 Å². The van der Waals surface area contributed by atoms with Crippen LogP contribution in [0.15, 0.2) is 12.7 Å². The molecule has 0 amide bonds. The summed E-state index contributed by atoms with van der Waals surface area (Å²) in [6, 6.07) is 0.404. The highest BCUT2D eigenvalue weighted by atomic mass is 16.1. The van der Waals surface area contributed by atoms with Gasteiger partial charge in [0.1, 0.15) is 5.78 Å². The molecule has 0 aromatic heterocycles. The number of nitrogens with zero attached hydrogens (tertiary/aromatic N) is 2. The zero-order valence-electron chi connectivity index (χ0n) is 9.91. The molecule has 1 aliphatic heterocycles. The van der Waals surface area contributed by atoms with Gasteiger partial charge >= 0.3 is 0 Å². The highest BCUT2D eigenvalue weighted by molar-refractivity contribution is 5.79. The Morgan fingerprint density at radius 2 is 2.20 bits per heavy atom. The fraction of sp³-hybridized carbons (Fsp3) is 0.750.